The zero-order valence-corrected chi connectivity index (χ0v) is 11.1. The van der Waals surface area contributed by atoms with Gasteiger partial charge in [0.25, 0.3) is 0 Å². The molecule has 0 radical (unpaired) electrons. The molecule has 1 aliphatic rings. The number of aromatic nitrogens is 3. The van der Waals surface area contributed by atoms with E-state index in [1.54, 1.807) is 0 Å². The van der Waals surface area contributed by atoms with Gasteiger partial charge in [0.15, 0.2) is 0 Å². The summed E-state index contributed by atoms with van der Waals surface area (Å²) in [6.07, 6.45) is 6.51. The third-order valence-corrected chi connectivity index (χ3v) is 3.72. The summed E-state index contributed by atoms with van der Waals surface area (Å²) in [6.45, 7) is 2.09. The first-order valence-electron chi connectivity index (χ1n) is 7.08. The van der Waals surface area contributed by atoms with E-state index in [0.717, 1.165) is 31.8 Å². The minimum Gasteiger partial charge on any atom is -0.316 e. The molecule has 100 valence electrons. The topological polar surface area (TPSA) is 42.7 Å². The van der Waals surface area contributed by atoms with Gasteiger partial charge in [-0.15, -0.1) is 10.2 Å². The molecule has 0 bridgehead atoms. The van der Waals surface area contributed by atoms with Gasteiger partial charge in [-0.25, -0.2) is 0 Å². The van der Waals surface area contributed by atoms with E-state index >= 15 is 0 Å². The first-order chi connectivity index (χ1) is 9.43. The Balaban J connectivity index is 1.57. The summed E-state index contributed by atoms with van der Waals surface area (Å²) >= 11 is 0. The number of nitrogens with zero attached hydrogens (tertiary/aromatic N) is 3. The Kier molecular flexibility index (Phi) is 3.89. The number of benzene rings is 1. The molecule has 1 fully saturated rings. The van der Waals surface area contributed by atoms with Crippen LogP contribution in [-0.2, 0) is 13.0 Å². The predicted molar refractivity (Wildman–Crippen MR) is 74.8 cm³/mol. The molecule has 1 aliphatic heterocycles. The van der Waals surface area contributed by atoms with Crippen molar-refractivity contribution in [3.05, 3.63) is 48.0 Å². The van der Waals surface area contributed by atoms with E-state index < -0.39 is 0 Å². The summed E-state index contributed by atoms with van der Waals surface area (Å²) in [5.41, 5.74) is 1.40. The molecule has 1 saturated heterocycles. The Hall–Kier alpha value is -1.68. The minimum atomic E-state index is 0.402. The minimum absolute atomic E-state index is 0.402. The van der Waals surface area contributed by atoms with E-state index in [9.17, 15) is 0 Å². The van der Waals surface area contributed by atoms with Crippen LogP contribution in [-0.4, -0.2) is 21.3 Å². The normalized spacial score (nSPS) is 18.8. The summed E-state index contributed by atoms with van der Waals surface area (Å²) in [5, 5.41) is 11.8. The second-order valence-corrected chi connectivity index (χ2v) is 5.12. The molecule has 1 atom stereocenters. The van der Waals surface area contributed by atoms with Crippen molar-refractivity contribution < 1.29 is 0 Å². The van der Waals surface area contributed by atoms with E-state index in [2.05, 4.69) is 50.4 Å². The molecule has 19 heavy (non-hydrogen) atoms. The molecule has 2 aromatic rings. The largest absolute Gasteiger partial charge is 0.316 e. The average molecular weight is 256 g/mol. The van der Waals surface area contributed by atoms with Gasteiger partial charge in [0, 0.05) is 6.54 Å². The number of nitrogens with one attached hydrogen (secondary N) is 1. The van der Waals surface area contributed by atoms with Gasteiger partial charge >= 0.3 is 0 Å². The van der Waals surface area contributed by atoms with Crippen LogP contribution >= 0.6 is 0 Å². The molecule has 1 unspecified atom stereocenters. The smallest absolute Gasteiger partial charge is 0.149 e. The SMILES string of the molecule is c1ccc(CCCn2cnnc2C2CCCN2)cc1. The number of aryl methyl sites for hydroxylation is 2. The molecule has 0 spiro atoms. The molecular weight excluding hydrogens is 236 g/mol. The molecular formula is C15H20N4. The Morgan fingerprint density at radius 3 is 2.95 bits per heavy atom. The van der Waals surface area contributed by atoms with Crippen molar-refractivity contribution in [2.45, 2.75) is 38.3 Å². The van der Waals surface area contributed by atoms with Crippen LogP contribution in [0, 0.1) is 0 Å². The highest BCUT2D eigenvalue weighted by molar-refractivity contribution is 5.14. The second kappa shape index (κ2) is 5.97. The lowest BCUT2D eigenvalue weighted by Gasteiger charge is -2.11. The highest BCUT2D eigenvalue weighted by atomic mass is 15.3. The van der Waals surface area contributed by atoms with Crippen LogP contribution in [0.25, 0.3) is 0 Å². The molecule has 1 N–H and O–H groups in total. The molecule has 1 aromatic carbocycles. The predicted octanol–water partition coefficient (Wildman–Crippen LogP) is 2.34. The van der Waals surface area contributed by atoms with Crippen LogP contribution < -0.4 is 5.32 Å². The van der Waals surface area contributed by atoms with E-state index in [0.29, 0.717) is 6.04 Å². The molecule has 4 heteroatoms. The van der Waals surface area contributed by atoms with Crippen LogP contribution in [0.4, 0.5) is 0 Å². The van der Waals surface area contributed by atoms with Crippen LogP contribution in [0.2, 0.25) is 0 Å². The highest BCUT2D eigenvalue weighted by Crippen LogP contribution is 2.21. The van der Waals surface area contributed by atoms with Gasteiger partial charge in [0.05, 0.1) is 6.04 Å². The molecule has 3 rings (SSSR count). The van der Waals surface area contributed by atoms with Crippen molar-refractivity contribution in [3.8, 4) is 0 Å². The molecule has 0 saturated carbocycles. The van der Waals surface area contributed by atoms with Gasteiger partial charge in [-0.3, -0.25) is 0 Å². The summed E-state index contributed by atoms with van der Waals surface area (Å²) in [4.78, 5) is 0. The monoisotopic (exact) mass is 256 g/mol. The molecule has 0 aliphatic carbocycles. The Labute approximate surface area is 113 Å². The van der Waals surface area contributed by atoms with Crippen molar-refractivity contribution in [1.29, 1.82) is 0 Å². The Morgan fingerprint density at radius 1 is 1.26 bits per heavy atom. The lowest BCUT2D eigenvalue weighted by atomic mass is 10.1. The standard InChI is InChI=1S/C15H20N4/c1-2-6-13(7-3-1)8-5-11-19-12-17-18-15(19)14-9-4-10-16-14/h1-3,6-7,12,14,16H,4-5,8-11H2. The summed E-state index contributed by atoms with van der Waals surface area (Å²) < 4.78 is 2.20. The summed E-state index contributed by atoms with van der Waals surface area (Å²) in [6, 6.07) is 11.0. The third-order valence-electron chi connectivity index (χ3n) is 3.72. The van der Waals surface area contributed by atoms with E-state index in [1.807, 2.05) is 6.33 Å². The number of rotatable bonds is 5. The second-order valence-electron chi connectivity index (χ2n) is 5.12. The Bertz CT molecular complexity index is 500. The van der Waals surface area contributed by atoms with Crippen LogP contribution in [0.5, 0.6) is 0 Å². The van der Waals surface area contributed by atoms with Crippen LogP contribution in [0.3, 0.4) is 0 Å². The lowest BCUT2D eigenvalue weighted by molar-refractivity contribution is 0.533. The first kappa shape index (κ1) is 12.4. The van der Waals surface area contributed by atoms with E-state index in [4.69, 9.17) is 0 Å². The number of hydrogen-bond acceptors (Lipinski definition) is 3. The lowest BCUT2D eigenvalue weighted by Crippen LogP contribution is -2.18. The van der Waals surface area contributed by atoms with Gasteiger partial charge in [0.2, 0.25) is 0 Å². The fraction of sp³-hybridized carbons (Fsp3) is 0.467. The fourth-order valence-electron chi connectivity index (χ4n) is 2.71. The van der Waals surface area contributed by atoms with E-state index in [-0.39, 0.29) is 0 Å². The maximum atomic E-state index is 4.27. The Morgan fingerprint density at radius 2 is 2.16 bits per heavy atom. The summed E-state index contributed by atoms with van der Waals surface area (Å²) in [7, 11) is 0. The molecule has 4 nitrogen and oxygen atoms in total. The molecule has 1 aromatic heterocycles. The van der Waals surface area contributed by atoms with Crippen molar-refractivity contribution >= 4 is 0 Å². The van der Waals surface area contributed by atoms with E-state index in [1.165, 1.54) is 18.4 Å². The fourth-order valence-corrected chi connectivity index (χ4v) is 2.71. The van der Waals surface area contributed by atoms with Gasteiger partial charge in [-0.2, -0.15) is 0 Å². The van der Waals surface area contributed by atoms with Gasteiger partial charge in [0.1, 0.15) is 12.2 Å². The van der Waals surface area contributed by atoms with Gasteiger partial charge in [-0.05, 0) is 37.8 Å². The molecule has 2 heterocycles. The third kappa shape index (κ3) is 3.01. The van der Waals surface area contributed by atoms with Gasteiger partial charge < -0.3 is 9.88 Å². The highest BCUT2D eigenvalue weighted by Gasteiger charge is 2.21. The zero-order valence-electron chi connectivity index (χ0n) is 11.1. The van der Waals surface area contributed by atoms with Crippen molar-refractivity contribution in [2.24, 2.45) is 0 Å². The van der Waals surface area contributed by atoms with Crippen molar-refractivity contribution in [1.82, 2.24) is 20.1 Å². The van der Waals surface area contributed by atoms with Crippen LogP contribution in [0.15, 0.2) is 36.7 Å². The maximum Gasteiger partial charge on any atom is 0.149 e. The number of hydrogen-bond donors (Lipinski definition) is 1. The first-order valence-corrected chi connectivity index (χ1v) is 7.08. The average Bonchev–Trinajstić information content (AvgIpc) is 3.10. The molecule has 0 amide bonds. The maximum absolute atomic E-state index is 4.27. The van der Waals surface area contributed by atoms with Gasteiger partial charge in [-0.1, -0.05) is 30.3 Å². The zero-order chi connectivity index (χ0) is 12.9. The quantitative estimate of drug-likeness (QED) is 0.893. The summed E-state index contributed by atoms with van der Waals surface area (Å²) in [5.74, 6) is 1.10. The van der Waals surface area contributed by atoms with Crippen LogP contribution in [0.1, 0.15) is 36.7 Å². The van der Waals surface area contributed by atoms with Crippen molar-refractivity contribution in [2.75, 3.05) is 6.54 Å². The van der Waals surface area contributed by atoms with Crippen molar-refractivity contribution in [3.63, 3.8) is 0 Å².